The summed E-state index contributed by atoms with van der Waals surface area (Å²) in [6.07, 6.45) is 4.32. The molecule has 0 aliphatic heterocycles. The lowest BCUT2D eigenvalue weighted by Gasteiger charge is -2.31. The molecule has 18 heavy (non-hydrogen) atoms. The number of rotatable bonds is 4. The van der Waals surface area contributed by atoms with E-state index in [9.17, 15) is 0 Å². The van der Waals surface area contributed by atoms with Gasteiger partial charge in [0.05, 0.1) is 12.3 Å². The van der Waals surface area contributed by atoms with Crippen molar-refractivity contribution in [1.29, 1.82) is 0 Å². The Morgan fingerprint density at radius 2 is 2.22 bits per heavy atom. The second kappa shape index (κ2) is 6.39. The molecule has 2 N–H and O–H groups in total. The van der Waals surface area contributed by atoms with Gasteiger partial charge in [-0.05, 0) is 24.5 Å². The van der Waals surface area contributed by atoms with Crippen LogP contribution < -0.4 is 4.74 Å². The zero-order valence-electron chi connectivity index (χ0n) is 10.2. The normalized spacial score (nSPS) is 21.7. The Kier molecular flexibility index (Phi) is 4.57. The van der Waals surface area contributed by atoms with Crippen LogP contribution >= 0.6 is 0 Å². The molecule has 0 bridgehead atoms. The van der Waals surface area contributed by atoms with E-state index >= 15 is 0 Å². The van der Waals surface area contributed by atoms with Crippen LogP contribution in [-0.2, 0) is 0 Å². The molecule has 4 heteroatoms. The third-order valence-corrected chi connectivity index (χ3v) is 2.79. The molecule has 0 spiro atoms. The summed E-state index contributed by atoms with van der Waals surface area (Å²) in [5, 5.41) is 17.8. The van der Waals surface area contributed by atoms with Crippen molar-refractivity contribution >= 4 is 0 Å². The minimum atomic E-state index is -0.209. The lowest BCUT2D eigenvalue weighted by atomic mass is 9.92. The molecule has 0 radical (unpaired) electrons. The average Bonchev–Trinajstić information content (AvgIpc) is 2.35. The van der Waals surface area contributed by atoms with E-state index in [0.717, 1.165) is 0 Å². The lowest BCUT2D eigenvalue weighted by Crippen LogP contribution is -2.37. The average molecular weight is 247 g/mol. The summed E-state index contributed by atoms with van der Waals surface area (Å²) in [7, 11) is 0. The number of hydrogen-bond acceptors (Lipinski definition) is 4. The number of aliphatic hydroxyl groups is 2. The maximum absolute atomic E-state index is 9.15. The quantitative estimate of drug-likeness (QED) is 0.618. The summed E-state index contributed by atoms with van der Waals surface area (Å²) in [5.74, 6) is 6.59. The molecule has 0 amide bonds. The van der Waals surface area contributed by atoms with Gasteiger partial charge in [-0.1, -0.05) is 5.92 Å². The Hall–Kier alpha value is -1.57. The van der Waals surface area contributed by atoms with Crippen molar-refractivity contribution in [1.82, 2.24) is 4.98 Å². The van der Waals surface area contributed by atoms with E-state index in [1.165, 1.54) is 0 Å². The van der Waals surface area contributed by atoms with Crippen molar-refractivity contribution in [3.63, 3.8) is 0 Å². The van der Waals surface area contributed by atoms with Crippen molar-refractivity contribution in [3.05, 3.63) is 24.0 Å². The molecule has 2 rings (SSSR count). The van der Waals surface area contributed by atoms with Crippen molar-refractivity contribution in [2.75, 3.05) is 6.61 Å². The van der Waals surface area contributed by atoms with Gasteiger partial charge in [0, 0.05) is 25.9 Å². The fourth-order valence-corrected chi connectivity index (χ4v) is 1.67. The molecule has 0 saturated heterocycles. The Balaban J connectivity index is 1.82. The van der Waals surface area contributed by atoms with Crippen molar-refractivity contribution in [2.24, 2.45) is 0 Å². The van der Waals surface area contributed by atoms with Crippen LogP contribution in [0.15, 0.2) is 18.3 Å². The molecule has 1 fully saturated rings. The number of ether oxygens (including phenoxy) is 1. The Bertz CT molecular complexity index is 427. The van der Waals surface area contributed by atoms with Crippen LogP contribution in [0, 0.1) is 11.8 Å². The van der Waals surface area contributed by atoms with Crippen LogP contribution in [0.1, 0.15) is 31.4 Å². The summed E-state index contributed by atoms with van der Waals surface area (Å²) >= 11 is 0. The highest BCUT2D eigenvalue weighted by Gasteiger charge is 2.28. The number of aliphatic hydroxyl groups excluding tert-OH is 2. The lowest BCUT2D eigenvalue weighted by molar-refractivity contribution is -0.0109. The molecular weight excluding hydrogens is 230 g/mol. The maximum Gasteiger partial charge on any atom is 0.138 e. The van der Waals surface area contributed by atoms with Crippen LogP contribution in [0.25, 0.3) is 0 Å². The van der Waals surface area contributed by atoms with Crippen molar-refractivity contribution in [3.8, 4) is 17.6 Å². The summed E-state index contributed by atoms with van der Waals surface area (Å²) in [6, 6.07) is 3.66. The van der Waals surface area contributed by atoms with E-state index in [2.05, 4.69) is 16.8 Å². The Labute approximate surface area is 107 Å². The summed E-state index contributed by atoms with van der Waals surface area (Å²) < 4.78 is 5.61. The second-order valence-corrected chi connectivity index (χ2v) is 4.37. The smallest absolute Gasteiger partial charge is 0.138 e. The first-order valence-corrected chi connectivity index (χ1v) is 6.18. The molecule has 1 saturated carbocycles. The fraction of sp³-hybridized carbons (Fsp3) is 0.500. The second-order valence-electron chi connectivity index (χ2n) is 4.37. The molecule has 0 aromatic carbocycles. The summed E-state index contributed by atoms with van der Waals surface area (Å²) in [6.45, 7) is 0.169. The monoisotopic (exact) mass is 247 g/mol. The van der Waals surface area contributed by atoms with Crippen LogP contribution in [0.4, 0.5) is 0 Å². The predicted molar refractivity (Wildman–Crippen MR) is 67.1 cm³/mol. The molecule has 1 heterocycles. The summed E-state index contributed by atoms with van der Waals surface area (Å²) in [5.41, 5.74) is 0.703. The van der Waals surface area contributed by atoms with Gasteiger partial charge in [-0.3, -0.25) is 0 Å². The van der Waals surface area contributed by atoms with Crippen LogP contribution in [-0.4, -0.2) is 34.0 Å². The van der Waals surface area contributed by atoms with Gasteiger partial charge in [-0.2, -0.15) is 0 Å². The van der Waals surface area contributed by atoms with E-state index in [1.807, 2.05) is 12.1 Å². The predicted octanol–water partition coefficient (Wildman–Crippen LogP) is 1.11. The first kappa shape index (κ1) is 12.9. The molecule has 1 aliphatic carbocycles. The van der Waals surface area contributed by atoms with E-state index in [0.29, 0.717) is 37.1 Å². The van der Waals surface area contributed by atoms with Crippen molar-refractivity contribution in [2.45, 2.75) is 37.9 Å². The number of aromatic nitrogens is 1. The third kappa shape index (κ3) is 3.73. The molecule has 0 atom stereocenters. The standard InChI is InChI=1S/C14H17NO3/c16-7-3-1-2-4-11-5-6-13(10-15-11)18-14-8-12(17)9-14/h5-6,10,12,14,16-17H,1,3,7-9H2. The minimum Gasteiger partial charge on any atom is -0.489 e. The molecular formula is C14H17NO3. The molecule has 1 aromatic rings. The zero-order valence-corrected chi connectivity index (χ0v) is 10.2. The van der Waals surface area contributed by atoms with E-state index in [-0.39, 0.29) is 18.8 Å². The Morgan fingerprint density at radius 1 is 1.39 bits per heavy atom. The molecule has 0 unspecified atom stereocenters. The van der Waals surface area contributed by atoms with Crippen LogP contribution in [0.2, 0.25) is 0 Å². The number of pyridine rings is 1. The highest BCUT2D eigenvalue weighted by Crippen LogP contribution is 2.25. The van der Waals surface area contributed by atoms with E-state index in [4.69, 9.17) is 14.9 Å². The van der Waals surface area contributed by atoms with E-state index < -0.39 is 0 Å². The zero-order chi connectivity index (χ0) is 12.8. The van der Waals surface area contributed by atoms with Crippen molar-refractivity contribution < 1.29 is 14.9 Å². The minimum absolute atomic E-state index is 0.114. The Morgan fingerprint density at radius 3 is 2.83 bits per heavy atom. The SMILES string of the molecule is OCCCC#Cc1ccc(OC2CC(O)C2)cn1. The van der Waals surface area contributed by atoms with Gasteiger partial charge >= 0.3 is 0 Å². The first-order chi connectivity index (χ1) is 8.78. The molecule has 4 nitrogen and oxygen atoms in total. The maximum atomic E-state index is 9.15. The summed E-state index contributed by atoms with van der Waals surface area (Å²) in [4.78, 5) is 4.18. The van der Waals surface area contributed by atoms with Gasteiger partial charge in [0.2, 0.25) is 0 Å². The largest absolute Gasteiger partial charge is 0.489 e. The van der Waals surface area contributed by atoms with E-state index in [1.54, 1.807) is 6.20 Å². The molecule has 1 aliphatic rings. The van der Waals surface area contributed by atoms with Gasteiger partial charge in [-0.15, -0.1) is 0 Å². The topological polar surface area (TPSA) is 62.6 Å². The molecule has 1 aromatic heterocycles. The van der Waals surface area contributed by atoms with Gasteiger partial charge in [0.1, 0.15) is 17.5 Å². The van der Waals surface area contributed by atoms with Gasteiger partial charge < -0.3 is 14.9 Å². The first-order valence-electron chi connectivity index (χ1n) is 6.18. The van der Waals surface area contributed by atoms with Gasteiger partial charge in [0.15, 0.2) is 0 Å². The third-order valence-electron chi connectivity index (χ3n) is 2.79. The molecule has 96 valence electrons. The number of unbranched alkanes of at least 4 members (excludes halogenated alkanes) is 1. The van der Waals surface area contributed by atoms with Crippen LogP contribution in [0.3, 0.4) is 0 Å². The fourth-order valence-electron chi connectivity index (χ4n) is 1.67. The van der Waals surface area contributed by atoms with Gasteiger partial charge in [-0.25, -0.2) is 4.98 Å². The number of nitrogens with zero attached hydrogens (tertiary/aromatic N) is 1. The highest BCUT2D eigenvalue weighted by atomic mass is 16.5. The van der Waals surface area contributed by atoms with Crippen LogP contribution in [0.5, 0.6) is 5.75 Å². The van der Waals surface area contributed by atoms with Gasteiger partial charge in [0.25, 0.3) is 0 Å². The highest BCUT2D eigenvalue weighted by molar-refractivity contribution is 5.31. The number of hydrogen-bond donors (Lipinski definition) is 2.